The fraction of sp³-hybridized carbons (Fsp3) is 0.235. The third kappa shape index (κ3) is 3.06. The summed E-state index contributed by atoms with van der Waals surface area (Å²) in [5.74, 6) is 0.841. The minimum atomic E-state index is -0.530. The van der Waals surface area contributed by atoms with Crippen molar-refractivity contribution in [2.24, 2.45) is 0 Å². The first kappa shape index (κ1) is 14.0. The summed E-state index contributed by atoms with van der Waals surface area (Å²) < 4.78 is 5.22. The smallest absolute Gasteiger partial charge is 0.119 e. The lowest BCUT2D eigenvalue weighted by atomic mass is 10.0. The van der Waals surface area contributed by atoms with E-state index in [-0.39, 0.29) is 0 Å². The van der Waals surface area contributed by atoms with Gasteiger partial charge in [0.2, 0.25) is 0 Å². The van der Waals surface area contributed by atoms with Crippen molar-refractivity contribution in [2.75, 3.05) is 7.11 Å². The number of aryl methyl sites for hydroxylation is 1. The van der Waals surface area contributed by atoms with Crippen LogP contribution in [-0.2, 0) is 6.42 Å². The van der Waals surface area contributed by atoms with E-state index < -0.39 is 6.10 Å². The molecule has 1 unspecified atom stereocenters. The monoisotopic (exact) mass is 299 g/mol. The zero-order chi connectivity index (χ0) is 14.8. The predicted octanol–water partition coefficient (Wildman–Crippen LogP) is 3.89. The molecule has 0 radical (unpaired) electrons. The van der Waals surface area contributed by atoms with Crippen LogP contribution in [0.3, 0.4) is 0 Å². The maximum Gasteiger partial charge on any atom is 0.119 e. The first-order chi connectivity index (χ1) is 10.2. The van der Waals surface area contributed by atoms with Crippen LogP contribution < -0.4 is 4.74 Å². The number of aliphatic hydroxyl groups is 1. The predicted molar refractivity (Wildman–Crippen MR) is 86.0 cm³/mol. The van der Waals surface area contributed by atoms with Crippen LogP contribution in [0.2, 0.25) is 0 Å². The summed E-state index contributed by atoms with van der Waals surface area (Å²) >= 11 is 1.61. The van der Waals surface area contributed by atoms with Gasteiger partial charge < -0.3 is 9.84 Å². The van der Waals surface area contributed by atoms with Crippen molar-refractivity contribution in [2.45, 2.75) is 19.4 Å². The van der Waals surface area contributed by atoms with Gasteiger partial charge in [0.15, 0.2) is 0 Å². The highest BCUT2D eigenvalue weighted by molar-refractivity contribution is 7.09. The van der Waals surface area contributed by atoms with Crippen LogP contribution in [0.15, 0.2) is 41.8 Å². The molecule has 108 valence electrons. The van der Waals surface area contributed by atoms with Gasteiger partial charge in [-0.25, -0.2) is 4.98 Å². The SMILES string of the molecule is COc1ccc2cc(C(O)Cc3csc(C)n3)ccc2c1. The van der Waals surface area contributed by atoms with E-state index in [1.807, 2.05) is 48.7 Å². The molecule has 0 bridgehead atoms. The molecule has 1 aromatic heterocycles. The average Bonchev–Trinajstić information content (AvgIpc) is 2.91. The first-order valence-corrected chi connectivity index (χ1v) is 7.70. The molecule has 0 amide bonds. The van der Waals surface area contributed by atoms with Gasteiger partial charge in [0, 0.05) is 11.8 Å². The molecule has 0 fully saturated rings. The van der Waals surface area contributed by atoms with Gasteiger partial charge in [-0.1, -0.05) is 18.2 Å². The van der Waals surface area contributed by atoms with Crippen molar-refractivity contribution in [1.82, 2.24) is 4.98 Å². The molecule has 4 heteroatoms. The molecule has 1 N–H and O–H groups in total. The number of rotatable bonds is 4. The van der Waals surface area contributed by atoms with Gasteiger partial charge >= 0.3 is 0 Å². The maximum atomic E-state index is 10.4. The van der Waals surface area contributed by atoms with E-state index in [2.05, 4.69) is 4.98 Å². The van der Waals surface area contributed by atoms with E-state index in [1.54, 1.807) is 18.4 Å². The third-order valence-corrected chi connectivity index (χ3v) is 4.35. The average molecular weight is 299 g/mol. The largest absolute Gasteiger partial charge is 0.497 e. The molecule has 21 heavy (non-hydrogen) atoms. The Labute approximate surface area is 127 Å². The van der Waals surface area contributed by atoms with Gasteiger partial charge in [-0.15, -0.1) is 11.3 Å². The molecule has 0 spiro atoms. The molecule has 2 aromatic carbocycles. The lowest BCUT2D eigenvalue weighted by molar-refractivity contribution is 0.177. The summed E-state index contributed by atoms with van der Waals surface area (Å²) in [6.45, 7) is 1.98. The van der Waals surface area contributed by atoms with Gasteiger partial charge in [-0.3, -0.25) is 0 Å². The second kappa shape index (κ2) is 5.84. The van der Waals surface area contributed by atoms with Crippen molar-refractivity contribution in [1.29, 1.82) is 0 Å². The topological polar surface area (TPSA) is 42.4 Å². The molecule has 3 aromatic rings. The Balaban J connectivity index is 1.86. The minimum Gasteiger partial charge on any atom is -0.497 e. The fourth-order valence-corrected chi connectivity index (χ4v) is 3.02. The Bertz CT molecular complexity index is 766. The van der Waals surface area contributed by atoms with E-state index >= 15 is 0 Å². The maximum absolute atomic E-state index is 10.4. The molecule has 0 aliphatic heterocycles. The third-order valence-electron chi connectivity index (χ3n) is 3.53. The van der Waals surface area contributed by atoms with E-state index in [0.29, 0.717) is 6.42 Å². The van der Waals surface area contributed by atoms with Crippen LogP contribution in [0.5, 0.6) is 5.75 Å². The molecule has 3 rings (SSSR count). The Morgan fingerprint density at radius 3 is 2.67 bits per heavy atom. The molecule has 1 heterocycles. The number of hydrogen-bond donors (Lipinski definition) is 1. The summed E-state index contributed by atoms with van der Waals surface area (Å²) in [4.78, 5) is 4.40. The summed E-state index contributed by atoms with van der Waals surface area (Å²) in [6.07, 6.45) is 0.0180. The summed E-state index contributed by atoms with van der Waals surface area (Å²) in [6, 6.07) is 11.9. The molecule has 3 nitrogen and oxygen atoms in total. The second-order valence-electron chi connectivity index (χ2n) is 5.05. The van der Waals surface area contributed by atoms with Crippen molar-refractivity contribution >= 4 is 22.1 Å². The van der Waals surface area contributed by atoms with E-state index in [9.17, 15) is 5.11 Å². The Hall–Kier alpha value is -1.91. The Morgan fingerprint density at radius 1 is 1.19 bits per heavy atom. The molecular formula is C17H17NO2S. The molecule has 1 atom stereocenters. The molecule has 0 saturated heterocycles. The van der Waals surface area contributed by atoms with Crippen molar-refractivity contribution < 1.29 is 9.84 Å². The van der Waals surface area contributed by atoms with Crippen LogP contribution in [-0.4, -0.2) is 17.2 Å². The van der Waals surface area contributed by atoms with E-state index in [0.717, 1.165) is 32.8 Å². The Morgan fingerprint density at radius 2 is 1.95 bits per heavy atom. The van der Waals surface area contributed by atoms with E-state index in [1.165, 1.54) is 0 Å². The standard InChI is InChI=1S/C17H17NO2S/c1-11-18-15(10-21-11)9-17(19)14-4-3-13-8-16(20-2)6-5-12(13)7-14/h3-8,10,17,19H,9H2,1-2H3. The fourth-order valence-electron chi connectivity index (χ4n) is 2.39. The molecule has 0 aliphatic carbocycles. The summed E-state index contributed by atoms with van der Waals surface area (Å²) in [7, 11) is 1.66. The van der Waals surface area contributed by atoms with Crippen LogP contribution in [0.4, 0.5) is 0 Å². The van der Waals surface area contributed by atoms with Gasteiger partial charge in [0.05, 0.1) is 23.9 Å². The summed E-state index contributed by atoms with van der Waals surface area (Å²) in [5, 5.41) is 15.6. The zero-order valence-corrected chi connectivity index (χ0v) is 12.9. The van der Waals surface area contributed by atoms with Gasteiger partial charge in [-0.2, -0.15) is 0 Å². The summed E-state index contributed by atoms with van der Waals surface area (Å²) in [5.41, 5.74) is 1.86. The number of methoxy groups -OCH3 is 1. The highest BCUT2D eigenvalue weighted by Gasteiger charge is 2.11. The molecule has 0 saturated carbocycles. The number of hydrogen-bond acceptors (Lipinski definition) is 4. The number of thiazole rings is 1. The van der Waals surface area contributed by atoms with Crippen molar-refractivity contribution in [3.8, 4) is 5.75 Å². The zero-order valence-electron chi connectivity index (χ0n) is 12.0. The number of benzene rings is 2. The van der Waals surface area contributed by atoms with Crippen molar-refractivity contribution in [3.63, 3.8) is 0 Å². The highest BCUT2D eigenvalue weighted by atomic mass is 32.1. The van der Waals surface area contributed by atoms with Crippen molar-refractivity contribution in [3.05, 3.63) is 58.0 Å². The molecular weight excluding hydrogens is 282 g/mol. The second-order valence-corrected chi connectivity index (χ2v) is 6.11. The van der Waals surface area contributed by atoms with Crippen LogP contribution in [0, 0.1) is 6.92 Å². The number of aromatic nitrogens is 1. The number of aliphatic hydroxyl groups excluding tert-OH is 1. The van der Waals surface area contributed by atoms with E-state index in [4.69, 9.17) is 4.74 Å². The number of fused-ring (bicyclic) bond motifs is 1. The highest BCUT2D eigenvalue weighted by Crippen LogP contribution is 2.26. The van der Waals surface area contributed by atoms with Crippen LogP contribution in [0.1, 0.15) is 22.4 Å². The minimum absolute atomic E-state index is 0.530. The number of nitrogens with zero attached hydrogens (tertiary/aromatic N) is 1. The van der Waals surface area contributed by atoms with Gasteiger partial charge in [0.1, 0.15) is 5.75 Å². The lowest BCUT2D eigenvalue weighted by Gasteiger charge is -2.11. The quantitative estimate of drug-likeness (QED) is 0.794. The van der Waals surface area contributed by atoms with Crippen LogP contribution in [0.25, 0.3) is 10.8 Å². The number of ether oxygens (including phenoxy) is 1. The van der Waals surface area contributed by atoms with Gasteiger partial charge in [0.25, 0.3) is 0 Å². The van der Waals surface area contributed by atoms with Gasteiger partial charge in [-0.05, 0) is 41.5 Å². The van der Waals surface area contributed by atoms with Crippen LogP contribution >= 0.6 is 11.3 Å². The first-order valence-electron chi connectivity index (χ1n) is 6.82. The Kier molecular flexibility index (Phi) is 3.90. The normalized spacial score (nSPS) is 12.5. The lowest BCUT2D eigenvalue weighted by Crippen LogP contribution is -2.02. The molecule has 0 aliphatic rings.